The summed E-state index contributed by atoms with van der Waals surface area (Å²) in [4.78, 5) is 0.0297. The van der Waals surface area contributed by atoms with Gasteiger partial charge in [0.2, 0.25) is 10.0 Å². The van der Waals surface area contributed by atoms with Gasteiger partial charge in [-0.1, -0.05) is 13.8 Å². The molecule has 0 radical (unpaired) electrons. The fourth-order valence-electron chi connectivity index (χ4n) is 1.70. The first-order valence-electron chi connectivity index (χ1n) is 5.68. The molecule has 0 aliphatic rings. The van der Waals surface area contributed by atoms with E-state index in [0.717, 1.165) is 6.07 Å². The highest BCUT2D eigenvalue weighted by Gasteiger charge is 2.23. The van der Waals surface area contributed by atoms with Crippen LogP contribution in [0.3, 0.4) is 0 Å². The predicted molar refractivity (Wildman–Crippen MR) is 70.2 cm³/mol. The molecule has 0 fully saturated rings. The van der Waals surface area contributed by atoms with Crippen molar-refractivity contribution in [3.63, 3.8) is 0 Å². The summed E-state index contributed by atoms with van der Waals surface area (Å²) in [5.41, 5.74) is 5.54. The van der Waals surface area contributed by atoms with Gasteiger partial charge in [0.1, 0.15) is 5.82 Å². The highest BCUT2D eigenvalue weighted by atomic mass is 32.2. The van der Waals surface area contributed by atoms with Gasteiger partial charge < -0.3 is 5.73 Å². The van der Waals surface area contributed by atoms with E-state index in [0.29, 0.717) is 6.54 Å². The van der Waals surface area contributed by atoms with E-state index < -0.39 is 15.8 Å². The van der Waals surface area contributed by atoms with Crippen LogP contribution < -0.4 is 5.73 Å². The first-order chi connectivity index (χ1) is 8.16. The highest BCUT2D eigenvalue weighted by molar-refractivity contribution is 7.89. The number of anilines is 1. The van der Waals surface area contributed by atoms with Gasteiger partial charge in [-0.25, -0.2) is 17.1 Å². The molecule has 18 heavy (non-hydrogen) atoms. The number of halogens is 1. The molecule has 102 valence electrons. The summed E-state index contributed by atoms with van der Waals surface area (Å²) in [6.07, 6.45) is 0. The largest absolute Gasteiger partial charge is 0.396 e. The van der Waals surface area contributed by atoms with E-state index in [2.05, 4.69) is 0 Å². The van der Waals surface area contributed by atoms with Crippen LogP contribution in [-0.2, 0) is 10.0 Å². The number of sulfonamides is 1. The molecular formula is C12H19FN2O2S. The number of nitrogens with two attached hydrogens (primary N) is 1. The summed E-state index contributed by atoms with van der Waals surface area (Å²) in [6, 6.07) is 2.46. The van der Waals surface area contributed by atoms with Crippen molar-refractivity contribution in [2.75, 3.05) is 19.3 Å². The summed E-state index contributed by atoms with van der Waals surface area (Å²) in [5, 5.41) is 0. The molecule has 0 unspecified atom stereocenters. The molecule has 0 bridgehead atoms. The summed E-state index contributed by atoms with van der Waals surface area (Å²) in [5.74, 6) is -0.357. The molecule has 0 aromatic heterocycles. The lowest BCUT2D eigenvalue weighted by atomic mass is 10.2. The van der Waals surface area contributed by atoms with Crippen molar-refractivity contribution in [3.05, 3.63) is 23.5 Å². The van der Waals surface area contributed by atoms with E-state index in [4.69, 9.17) is 5.73 Å². The smallest absolute Gasteiger partial charge is 0.242 e. The topological polar surface area (TPSA) is 63.4 Å². The molecular weight excluding hydrogens is 255 g/mol. The SMILES string of the molecule is Cc1cc(S(=O)(=O)N(C)CC(C)C)cc(N)c1F. The van der Waals surface area contributed by atoms with Crippen molar-refractivity contribution < 1.29 is 12.8 Å². The molecule has 0 saturated carbocycles. The van der Waals surface area contributed by atoms with Crippen molar-refractivity contribution in [2.45, 2.75) is 25.7 Å². The molecule has 0 amide bonds. The molecule has 1 aromatic carbocycles. The summed E-state index contributed by atoms with van der Waals surface area (Å²) >= 11 is 0. The zero-order valence-corrected chi connectivity index (χ0v) is 11.9. The van der Waals surface area contributed by atoms with Gasteiger partial charge in [-0.3, -0.25) is 0 Å². The number of hydrogen-bond donors (Lipinski definition) is 1. The lowest BCUT2D eigenvalue weighted by molar-refractivity contribution is 0.417. The first kappa shape index (κ1) is 14.9. The van der Waals surface area contributed by atoms with E-state index in [1.807, 2.05) is 13.8 Å². The number of aryl methyl sites for hydroxylation is 1. The van der Waals surface area contributed by atoms with Crippen LogP contribution in [0.1, 0.15) is 19.4 Å². The monoisotopic (exact) mass is 274 g/mol. The van der Waals surface area contributed by atoms with Crippen LogP contribution in [0.2, 0.25) is 0 Å². The van der Waals surface area contributed by atoms with E-state index in [1.165, 1.54) is 24.3 Å². The second-order valence-electron chi connectivity index (χ2n) is 4.82. The minimum Gasteiger partial charge on any atom is -0.396 e. The minimum atomic E-state index is -3.61. The average molecular weight is 274 g/mol. The highest BCUT2D eigenvalue weighted by Crippen LogP contribution is 2.23. The van der Waals surface area contributed by atoms with Crippen molar-refractivity contribution in [3.8, 4) is 0 Å². The predicted octanol–water partition coefficient (Wildman–Crippen LogP) is 1.99. The molecule has 0 heterocycles. The van der Waals surface area contributed by atoms with Gasteiger partial charge in [0.05, 0.1) is 10.6 Å². The molecule has 2 N–H and O–H groups in total. The fraction of sp³-hybridized carbons (Fsp3) is 0.500. The molecule has 0 aliphatic carbocycles. The maximum atomic E-state index is 13.4. The van der Waals surface area contributed by atoms with Crippen molar-refractivity contribution in [2.24, 2.45) is 5.92 Å². The van der Waals surface area contributed by atoms with Crippen LogP contribution in [-0.4, -0.2) is 26.3 Å². The number of hydrogen-bond acceptors (Lipinski definition) is 3. The van der Waals surface area contributed by atoms with Gasteiger partial charge in [-0.15, -0.1) is 0 Å². The summed E-state index contributed by atoms with van der Waals surface area (Å²) < 4.78 is 39.1. The Morgan fingerprint density at radius 1 is 1.39 bits per heavy atom. The normalized spacial score (nSPS) is 12.4. The maximum absolute atomic E-state index is 13.4. The quantitative estimate of drug-likeness (QED) is 0.854. The number of nitrogens with zero attached hydrogens (tertiary/aromatic N) is 1. The van der Waals surface area contributed by atoms with Crippen LogP contribution in [0.25, 0.3) is 0 Å². The Morgan fingerprint density at radius 3 is 2.39 bits per heavy atom. The Balaban J connectivity index is 3.21. The van der Waals surface area contributed by atoms with Crippen molar-refractivity contribution in [1.82, 2.24) is 4.31 Å². The lowest BCUT2D eigenvalue weighted by Crippen LogP contribution is -2.30. The Bertz CT molecular complexity index is 518. The van der Waals surface area contributed by atoms with Crippen molar-refractivity contribution in [1.29, 1.82) is 0 Å². The first-order valence-corrected chi connectivity index (χ1v) is 7.12. The lowest BCUT2D eigenvalue weighted by Gasteiger charge is -2.19. The van der Waals surface area contributed by atoms with Gasteiger partial charge in [0.15, 0.2) is 0 Å². The summed E-state index contributed by atoms with van der Waals surface area (Å²) in [6.45, 7) is 5.75. The third-order valence-electron chi connectivity index (χ3n) is 2.59. The fourth-order valence-corrected chi connectivity index (χ4v) is 3.16. The Morgan fingerprint density at radius 2 is 1.94 bits per heavy atom. The maximum Gasteiger partial charge on any atom is 0.242 e. The second-order valence-corrected chi connectivity index (χ2v) is 6.87. The van der Waals surface area contributed by atoms with Crippen LogP contribution in [0, 0.1) is 18.7 Å². The van der Waals surface area contributed by atoms with E-state index in [-0.39, 0.29) is 22.1 Å². The van der Waals surface area contributed by atoms with Gasteiger partial charge in [-0.05, 0) is 30.5 Å². The molecule has 1 rings (SSSR count). The van der Waals surface area contributed by atoms with Gasteiger partial charge in [0.25, 0.3) is 0 Å². The number of nitrogen functional groups attached to an aromatic ring is 1. The van der Waals surface area contributed by atoms with Gasteiger partial charge in [0, 0.05) is 13.6 Å². The molecule has 0 saturated heterocycles. The Kier molecular flexibility index (Phi) is 4.34. The van der Waals surface area contributed by atoms with E-state index in [9.17, 15) is 12.8 Å². The standard InChI is InChI=1S/C12H19FN2O2S/c1-8(2)7-15(4)18(16,17)10-5-9(3)12(13)11(14)6-10/h5-6,8H,7,14H2,1-4H3. The van der Waals surface area contributed by atoms with Gasteiger partial charge >= 0.3 is 0 Å². The zero-order chi connectivity index (χ0) is 14.1. The molecule has 0 atom stereocenters. The molecule has 4 nitrogen and oxygen atoms in total. The molecule has 6 heteroatoms. The van der Waals surface area contributed by atoms with E-state index >= 15 is 0 Å². The summed E-state index contributed by atoms with van der Waals surface area (Å²) in [7, 11) is -2.10. The zero-order valence-electron chi connectivity index (χ0n) is 11.1. The second kappa shape index (κ2) is 5.24. The third-order valence-corrected chi connectivity index (χ3v) is 4.39. The van der Waals surface area contributed by atoms with Gasteiger partial charge in [-0.2, -0.15) is 0 Å². The molecule has 0 spiro atoms. The van der Waals surface area contributed by atoms with E-state index in [1.54, 1.807) is 0 Å². The van der Waals surface area contributed by atoms with Crippen LogP contribution >= 0.6 is 0 Å². The third kappa shape index (κ3) is 3.00. The Labute approximate surface area is 108 Å². The molecule has 0 aliphatic heterocycles. The van der Waals surface area contributed by atoms with Crippen molar-refractivity contribution >= 4 is 15.7 Å². The minimum absolute atomic E-state index is 0.0297. The molecule has 1 aromatic rings. The number of benzene rings is 1. The van der Waals surface area contributed by atoms with Crippen LogP contribution in [0.15, 0.2) is 17.0 Å². The Hall–Kier alpha value is -1.14. The van der Waals surface area contributed by atoms with Crippen LogP contribution in [0.5, 0.6) is 0 Å². The van der Waals surface area contributed by atoms with Crippen LogP contribution in [0.4, 0.5) is 10.1 Å². The number of rotatable bonds is 4. The average Bonchev–Trinajstić information content (AvgIpc) is 2.24.